The Morgan fingerprint density at radius 1 is 1.02 bits per heavy atom. The number of hydrogen-bond donors (Lipinski definition) is 3. The number of fused-ring (bicyclic) bond motifs is 2. The molecule has 5 aliphatic heterocycles. The number of nitrogens with zero attached hydrogens (tertiary/aromatic N) is 8. The lowest BCUT2D eigenvalue weighted by Crippen LogP contribution is -2.54. The normalized spacial score (nSPS) is 26.8. The number of alkyl halides is 2. The second kappa shape index (κ2) is 17.7. The van der Waals surface area contributed by atoms with Crippen molar-refractivity contribution in [1.29, 1.82) is 0 Å². The first-order valence-corrected chi connectivity index (χ1v) is 20.1. The van der Waals surface area contributed by atoms with Crippen molar-refractivity contribution in [3.05, 3.63) is 59.3 Å². The van der Waals surface area contributed by atoms with Gasteiger partial charge < -0.3 is 41.0 Å². The van der Waals surface area contributed by atoms with Gasteiger partial charge in [-0.15, -0.1) is 0 Å². The van der Waals surface area contributed by atoms with Crippen LogP contribution < -0.4 is 16.4 Å². The molecule has 306 valence electrons. The molecule has 5 N–H and O–H groups in total. The predicted octanol–water partition coefficient (Wildman–Crippen LogP) is 4.33. The zero-order valence-electron chi connectivity index (χ0n) is 33.5. The standard InChI is InChI=1S/C39H56F2N10O2.C2H4O/c1-24-19-49(36(43)8-7-33(42)39(52)53)20-25(2)31(24)23-48-14-9-28(10-15-48)51-34-11-13-46(3)22-32(34)38(45-51)50-12-5-6-26-16-29(27-18-44-47(4)21-27)30(37(40)41)17-35(26)50;1-2-3/h7-8,16-18,21,24-25,28,31-32,34,37H,5-6,9-15,19-20,22-23,42-43H2,1-4H3,(H,52,53);2H,1H3/b33-7-,36-8+;. The maximum Gasteiger partial charge on any atom is 0.351 e. The van der Waals surface area contributed by atoms with E-state index in [0.717, 1.165) is 113 Å². The maximum atomic E-state index is 14.6. The molecule has 5 aliphatic rings. The molecule has 3 fully saturated rings. The molecule has 0 bridgehead atoms. The average Bonchev–Trinajstić information content (AvgIpc) is 3.78. The SMILES string of the molecule is CC1CN(/C(N)=C/C=C(\N)C(=O)O)CC(C)C1CN1CCC(N2N=C(N3CCCc4cc(-c5cnn(C)c5)c(C(F)F)cc43)C3CN(C)CCC32)CC1.CC=O. The third-order valence-corrected chi connectivity index (χ3v) is 12.5. The van der Waals surface area contributed by atoms with Gasteiger partial charge in [-0.25, -0.2) is 13.6 Å². The highest BCUT2D eigenvalue weighted by molar-refractivity contribution is 6.02. The fourth-order valence-electron chi connectivity index (χ4n) is 9.61. The molecule has 56 heavy (non-hydrogen) atoms. The molecular weight excluding hydrogens is 719 g/mol. The van der Waals surface area contributed by atoms with Gasteiger partial charge in [-0.2, -0.15) is 10.2 Å². The van der Waals surface area contributed by atoms with Crippen LogP contribution >= 0.6 is 0 Å². The fourth-order valence-corrected chi connectivity index (χ4v) is 9.61. The molecule has 0 amide bonds. The minimum absolute atomic E-state index is 0.0520. The van der Waals surface area contributed by atoms with E-state index >= 15 is 0 Å². The van der Waals surface area contributed by atoms with E-state index in [4.69, 9.17) is 26.5 Å². The lowest BCUT2D eigenvalue weighted by Gasteiger charge is -2.46. The molecule has 0 aliphatic carbocycles. The topological polar surface area (TPSA) is 153 Å². The van der Waals surface area contributed by atoms with Crippen LogP contribution in [0.25, 0.3) is 11.1 Å². The van der Waals surface area contributed by atoms with Crippen LogP contribution in [0, 0.1) is 23.7 Å². The number of benzene rings is 1. The van der Waals surface area contributed by atoms with Crippen LogP contribution in [-0.4, -0.2) is 124 Å². The van der Waals surface area contributed by atoms with Gasteiger partial charge in [0.05, 0.1) is 24.0 Å². The van der Waals surface area contributed by atoms with Gasteiger partial charge in [-0.05, 0) is 106 Å². The second-order valence-corrected chi connectivity index (χ2v) is 16.4. The summed E-state index contributed by atoms with van der Waals surface area (Å²) in [4.78, 5) is 29.3. The molecule has 15 heteroatoms. The first kappa shape index (κ1) is 41.1. The highest BCUT2D eigenvalue weighted by Gasteiger charge is 2.46. The van der Waals surface area contributed by atoms with E-state index in [2.05, 4.69) is 50.6 Å². The summed E-state index contributed by atoms with van der Waals surface area (Å²) in [6.45, 7) is 13.5. The monoisotopic (exact) mass is 778 g/mol. The molecule has 7 rings (SSSR count). The molecule has 0 saturated carbocycles. The number of aldehydes is 1. The number of carboxylic acid groups (broad SMARTS) is 1. The van der Waals surface area contributed by atoms with Crippen LogP contribution in [0.15, 0.2) is 53.3 Å². The number of aliphatic carboxylic acids is 1. The van der Waals surface area contributed by atoms with Gasteiger partial charge in [0, 0.05) is 81.9 Å². The summed E-state index contributed by atoms with van der Waals surface area (Å²) in [6, 6.07) is 4.37. The van der Waals surface area contributed by atoms with Gasteiger partial charge in [0.1, 0.15) is 17.8 Å². The molecular formula is C41H60F2N10O3. The first-order valence-electron chi connectivity index (χ1n) is 20.1. The number of aromatic nitrogens is 2. The number of aryl methyl sites for hydroxylation is 2. The van der Waals surface area contributed by atoms with Crippen LogP contribution in [0.1, 0.15) is 64.0 Å². The Balaban J connectivity index is 0.00000172. The third kappa shape index (κ3) is 8.88. The Kier molecular flexibility index (Phi) is 13.0. The Morgan fingerprint density at radius 2 is 1.71 bits per heavy atom. The lowest BCUT2D eigenvalue weighted by atomic mass is 9.78. The smallest absolute Gasteiger partial charge is 0.351 e. The Bertz CT molecular complexity index is 1790. The quantitative estimate of drug-likeness (QED) is 0.200. The number of hydrogen-bond acceptors (Lipinski definition) is 11. The summed E-state index contributed by atoms with van der Waals surface area (Å²) in [6.07, 6.45) is 9.53. The van der Waals surface area contributed by atoms with Crippen molar-refractivity contribution in [2.45, 2.75) is 71.4 Å². The average molecular weight is 779 g/mol. The number of nitrogens with two attached hydrogens (primary N) is 2. The van der Waals surface area contributed by atoms with Gasteiger partial charge in [0.15, 0.2) is 0 Å². The number of anilines is 1. The molecule has 4 atom stereocenters. The second-order valence-electron chi connectivity index (χ2n) is 16.4. The number of halogens is 2. The largest absolute Gasteiger partial charge is 0.477 e. The van der Waals surface area contributed by atoms with Crippen LogP contribution in [-0.2, 0) is 23.1 Å². The van der Waals surface area contributed by atoms with E-state index in [-0.39, 0.29) is 17.2 Å². The van der Waals surface area contributed by atoms with Crippen molar-refractivity contribution in [3.63, 3.8) is 0 Å². The molecule has 1 aromatic heterocycles. The number of carboxylic acids is 1. The van der Waals surface area contributed by atoms with E-state index in [1.807, 2.05) is 19.3 Å². The lowest BCUT2D eigenvalue weighted by molar-refractivity contribution is -0.132. The van der Waals surface area contributed by atoms with E-state index in [1.165, 1.54) is 13.0 Å². The molecule has 4 unspecified atom stereocenters. The van der Waals surface area contributed by atoms with Crippen molar-refractivity contribution in [2.24, 2.45) is 47.3 Å². The minimum Gasteiger partial charge on any atom is -0.477 e. The molecule has 1 aromatic carbocycles. The van der Waals surface area contributed by atoms with E-state index in [9.17, 15) is 13.6 Å². The third-order valence-electron chi connectivity index (χ3n) is 12.5. The molecule has 0 spiro atoms. The van der Waals surface area contributed by atoms with Crippen molar-refractivity contribution in [2.75, 3.05) is 64.3 Å². The van der Waals surface area contributed by atoms with Gasteiger partial charge in [0.2, 0.25) is 0 Å². The van der Waals surface area contributed by atoms with Crippen LogP contribution in [0.3, 0.4) is 0 Å². The Morgan fingerprint density at radius 3 is 2.34 bits per heavy atom. The van der Waals surface area contributed by atoms with Crippen molar-refractivity contribution in [3.8, 4) is 11.1 Å². The number of likely N-dealkylation sites (tertiary alicyclic amines) is 3. The molecule has 3 saturated heterocycles. The molecule has 2 aromatic rings. The molecule has 0 radical (unpaired) electrons. The van der Waals surface area contributed by atoms with Crippen molar-refractivity contribution in [1.82, 2.24) is 29.5 Å². The molecule has 13 nitrogen and oxygen atoms in total. The van der Waals surface area contributed by atoms with E-state index in [0.29, 0.717) is 41.2 Å². The summed E-state index contributed by atoms with van der Waals surface area (Å²) in [5, 5.41) is 21.2. The van der Waals surface area contributed by atoms with Crippen molar-refractivity contribution < 1.29 is 23.5 Å². The minimum atomic E-state index is -2.60. The summed E-state index contributed by atoms with van der Waals surface area (Å²) in [5.74, 6) is 2.04. The number of amidine groups is 1. The van der Waals surface area contributed by atoms with Crippen LogP contribution in [0.2, 0.25) is 0 Å². The zero-order chi connectivity index (χ0) is 40.3. The first-order chi connectivity index (χ1) is 26.8. The fraction of sp³-hybridized carbons (Fsp3) is 0.610. The number of piperidine rings is 3. The van der Waals surface area contributed by atoms with Gasteiger partial charge in [0.25, 0.3) is 6.43 Å². The summed E-state index contributed by atoms with van der Waals surface area (Å²) in [5.41, 5.74) is 15.0. The van der Waals surface area contributed by atoms with E-state index in [1.54, 1.807) is 23.0 Å². The number of allylic oxidation sites excluding steroid dienone is 2. The van der Waals surface area contributed by atoms with Gasteiger partial charge >= 0.3 is 5.97 Å². The van der Waals surface area contributed by atoms with Crippen LogP contribution in [0.4, 0.5) is 14.5 Å². The number of carbonyl (C=O) groups is 2. The van der Waals surface area contributed by atoms with Gasteiger partial charge in [-0.3, -0.25) is 9.69 Å². The van der Waals surface area contributed by atoms with Crippen molar-refractivity contribution >= 4 is 23.8 Å². The Hall–Kier alpha value is -4.50. The Labute approximate surface area is 329 Å². The maximum absolute atomic E-state index is 14.6. The summed E-state index contributed by atoms with van der Waals surface area (Å²) in [7, 11) is 3.99. The predicted molar refractivity (Wildman–Crippen MR) is 215 cm³/mol. The number of carbonyl (C=O) groups excluding carboxylic acids is 1. The molecule has 6 heterocycles. The number of rotatable bonds is 8. The summed E-state index contributed by atoms with van der Waals surface area (Å²) >= 11 is 0. The van der Waals surface area contributed by atoms with Gasteiger partial charge in [-0.1, -0.05) is 13.8 Å². The van der Waals surface area contributed by atoms with Crippen LogP contribution in [0.5, 0.6) is 0 Å². The van der Waals surface area contributed by atoms with E-state index < -0.39 is 12.4 Å². The highest BCUT2D eigenvalue weighted by atomic mass is 19.3. The number of hydrazone groups is 1. The zero-order valence-corrected chi connectivity index (χ0v) is 33.5. The highest BCUT2D eigenvalue weighted by Crippen LogP contribution is 2.42. The summed E-state index contributed by atoms with van der Waals surface area (Å²) < 4.78 is 30.9.